The summed E-state index contributed by atoms with van der Waals surface area (Å²) in [6, 6.07) is 0. The van der Waals surface area contributed by atoms with E-state index < -0.39 is 17.5 Å². The molecule has 0 radical (unpaired) electrons. The molecule has 0 saturated heterocycles. The maximum atomic E-state index is 11.7. The molecule has 1 aromatic carbocycles. The van der Waals surface area contributed by atoms with Gasteiger partial charge in [-0.3, -0.25) is 0 Å². The van der Waals surface area contributed by atoms with Crippen LogP contribution >= 0.6 is 0 Å². The maximum absolute atomic E-state index is 11.7. The van der Waals surface area contributed by atoms with Gasteiger partial charge in [0.25, 0.3) is 0 Å². The molecular weight excluding hydrogens is 396 g/mol. The van der Waals surface area contributed by atoms with E-state index in [0.29, 0.717) is 25.2 Å². The highest BCUT2D eigenvalue weighted by atomic mass is 16.5. The first-order chi connectivity index (χ1) is 15.0. The molecule has 0 aromatic heterocycles. The highest BCUT2D eigenvalue weighted by Crippen LogP contribution is 2.49. The summed E-state index contributed by atoms with van der Waals surface area (Å²) >= 11 is 0. The summed E-state index contributed by atoms with van der Waals surface area (Å²) in [5.74, 6) is -2.21. The predicted octanol–water partition coefficient (Wildman–Crippen LogP) is 6.84. The van der Waals surface area contributed by atoms with E-state index >= 15 is 0 Å². The average molecular weight is 439 g/mol. The van der Waals surface area contributed by atoms with Crippen molar-refractivity contribution in [3.8, 4) is 23.0 Å². The fourth-order valence-corrected chi connectivity index (χ4v) is 3.69. The maximum Gasteiger partial charge on any atom is 0.340 e. The minimum atomic E-state index is -1.29. The molecule has 0 unspecified atom stereocenters. The quantitative estimate of drug-likeness (QED) is 0.172. The largest absolute Gasteiger partial charge is 0.504 e. The van der Waals surface area contributed by atoms with E-state index in [4.69, 9.17) is 9.47 Å². The summed E-state index contributed by atoms with van der Waals surface area (Å²) in [6.07, 6.45) is 13.6. The number of carboxylic acid groups (broad SMARTS) is 1. The molecule has 0 atom stereocenters. The molecular formula is C25H42O6. The Hall–Kier alpha value is -2.11. The molecule has 0 amide bonds. The fraction of sp³-hybridized carbons (Fsp3) is 0.720. The number of carboxylic acids is 1. The molecule has 0 bridgehead atoms. The number of phenolic OH excluding ortho intramolecular Hbond substituents is 1. The summed E-state index contributed by atoms with van der Waals surface area (Å²) < 4.78 is 11.8. The third-order valence-electron chi connectivity index (χ3n) is 5.51. The lowest BCUT2D eigenvalue weighted by Crippen LogP contribution is -2.10. The summed E-state index contributed by atoms with van der Waals surface area (Å²) in [5, 5.41) is 30.4. The van der Waals surface area contributed by atoms with Gasteiger partial charge in [-0.25, -0.2) is 4.79 Å². The predicted molar refractivity (Wildman–Crippen MR) is 124 cm³/mol. The fourth-order valence-electron chi connectivity index (χ4n) is 3.69. The van der Waals surface area contributed by atoms with E-state index in [9.17, 15) is 20.1 Å². The van der Waals surface area contributed by atoms with Gasteiger partial charge < -0.3 is 24.8 Å². The Morgan fingerprint density at radius 2 is 1.13 bits per heavy atom. The van der Waals surface area contributed by atoms with Crippen molar-refractivity contribution < 1.29 is 29.6 Å². The van der Waals surface area contributed by atoms with Crippen LogP contribution in [0.1, 0.15) is 114 Å². The molecule has 0 heterocycles. The van der Waals surface area contributed by atoms with Crippen LogP contribution in [0, 0.1) is 0 Å². The molecule has 0 aliphatic rings. The van der Waals surface area contributed by atoms with E-state index in [1.54, 1.807) is 6.92 Å². The molecule has 0 aliphatic heterocycles. The molecule has 0 saturated carbocycles. The number of aromatic carboxylic acids is 1. The summed E-state index contributed by atoms with van der Waals surface area (Å²) in [5.41, 5.74) is 0.0385. The molecule has 1 aromatic rings. The number of unbranched alkanes of at least 4 members (excludes halogenated alkanes) is 10. The molecule has 178 valence electrons. The first-order valence-corrected chi connectivity index (χ1v) is 12.1. The topological polar surface area (TPSA) is 96.2 Å². The van der Waals surface area contributed by atoms with Crippen LogP contribution in [0.5, 0.6) is 23.0 Å². The third kappa shape index (κ3) is 8.88. The van der Waals surface area contributed by atoms with Crippen LogP contribution in [-0.2, 0) is 6.42 Å². The molecule has 0 fully saturated rings. The Balaban J connectivity index is 2.89. The van der Waals surface area contributed by atoms with Crippen molar-refractivity contribution >= 4 is 5.97 Å². The van der Waals surface area contributed by atoms with Crippen LogP contribution in [0.2, 0.25) is 0 Å². The van der Waals surface area contributed by atoms with Crippen molar-refractivity contribution in [2.45, 2.75) is 104 Å². The highest BCUT2D eigenvalue weighted by Gasteiger charge is 2.28. The number of aromatic hydroxyl groups is 2. The number of carbonyl (C=O) groups is 1. The smallest absolute Gasteiger partial charge is 0.340 e. The van der Waals surface area contributed by atoms with Gasteiger partial charge in [0.2, 0.25) is 11.5 Å². The minimum Gasteiger partial charge on any atom is -0.504 e. The van der Waals surface area contributed by atoms with Crippen molar-refractivity contribution in [1.29, 1.82) is 0 Å². The van der Waals surface area contributed by atoms with Gasteiger partial charge in [-0.1, -0.05) is 85.0 Å². The molecule has 6 nitrogen and oxygen atoms in total. The Labute approximate surface area is 187 Å². The van der Waals surface area contributed by atoms with Gasteiger partial charge in [-0.15, -0.1) is 0 Å². The van der Waals surface area contributed by atoms with Crippen molar-refractivity contribution in [2.24, 2.45) is 0 Å². The second-order valence-corrected chi connectivity index (χ2v) is 8.10. The van der Waals surface area contributed by atoms with Gasteiger partial charge >= 0.3 is 5.97 Å². The zero-order valence-electron chi connectivity index (χ0n) is 19.7. The third-order valence-corrected chi connectivity index (χ3v) is 5.51. The van der Waals surface area contributed by atoms with Gasteiger partial charge in [0.15, 0.2) is 11.5 Å². The first-order valence-electron chi connectivity index (χ1n) is 12.1. The van der Waals surface area contributed by atoms with Gasteiger partial charge in [0.05, 0.1) is 13.2 Å². The number of hydrogen-bond acceptors (Lipinski definition) is 5. The van der Waals surface area contributed by atoms with E-state index in [1.807, 2.05) is 0 Å². The molecule has 31 heavy (non-hydrogen) atoms. The number of hydrogen-bond donors (Lipinski definition) is 3. The zero-order valence-corrected chi connectivity index (χ0v) is 19.7. The molecule has 6 heteroatoms. The Bertz CT molecular complexity index is 656. The monoisotopic (exact) mass is 438 g/mol. The van der Waals surface area contributed by atoms with E-state index in [-0.39, 0.29) is 17.1 Å². The van der Waals surface area contributed by atoms with E-state index in [0.717, 1.165) is 38.5 Å². The number of benzene rings is 1. The molecule has 3 N–H and O–H groups in total. The van der Waals surface area contributed by atoms with Crippen molar-refractivity contribution in [3.05, 3.63) is 11.1 Å². The molecule has 0 aliphatic carbocycles. The van der Waals surface area contributed by atoms with Crippen LogP contribution in [0.15, 0.2) is 0 Å². The highest BCUT2D eigenvalue weighted by molar-refractivity contribution is 5.95. The van der Waals surface area contributed by atoms with Crippen LogP contribution in [0.3, 0.4) is 0 Å². The normalized spacial score (nSPS) is 10.9. The Kier molecular flexibility index (Phi) is 13.6. The van der Waals surface area contributed by atoms with E-state index in [1.165, 1.54) is 38.5 Å². The molecule has 0 spiro atoms. The van der Waals surface area contributed by atoms with E-state index in [2.05, 4.69) is 13.8 Å². The lowest BCUT2D eigenvalue weighted by molar-refractivity contribution is 0.0690. The number of ether oxygens (including phenoxy) is 2. The zero-order chi connectivity index (χ0) is 23.1. The number of rotatable bonds is 18. The van der Waals surface area contributed by atoms with Crippen molar-refractivity contribution in [3.63, 3.8) is 0 Å². The second kappa shape index (κ2) is 15.7. The van der Waals surface area contributed by atoms with Gasteiger partial charge in [-0.05, 0) is 19.3 Å². The summed E-state index contributed by atoms with van der Waals surface area (Å²) in [4.78, 5) is 11.7. The van der Waals surface area contributed by atoms with Gasteiger partial charge in [-0.2, -0.15) is 0 Å². The average Bonchev–Trinajstić information content (AvgIpc) is 2.75. The number of phenols is 2. The van der Waals surface area contributed by atoms with Crippen LogP contribution in [0.4, 0.5) is 0 Å². The van der Waals surface area contributed by atoms with Crippen LogP contribution in [-0.4, -0.2) is 34.5 Å². The van der Waals surface area contributed by atoms with Crippen molar-refractivity contribution in [1.82, 2.24) is 0 Å². The summed E-state index contributed by atoms with van der Waals surface area (Å²) in [7, 11) is 0. The lowest BCUT2D eigenvalue weighted by atomic mass is 10.0. The lowest BCUT2D eigenvalue weighted by Gasteiger charge is -2.20. The van der Waals surface area contributed by atoms with Crippen LogP contribution < -0.4 is 9.47 Å². The van der Waals surface area contributed by atoms with Crippen molar-refractivity contribution in [2.75, 3.05) is 13.2 Å². The second-order valence-electron chi connectivity index (χ2n) is 8.10. The van der Waals surface area contributed by atoms with Gasteiger partial charge in [0, 0.05) is 5.56 Å². The molecule has 1 rings (SSSR count). The first kappa shape index (κ1) is 26.9. The summed E-state index contributed by atoms with van der Waals surface area (Å²) in [6.45, 7) is 6.95. The standard InChI is InChI=1S/C25H42O6/c1-4-7-9-11-13-15-17-30-23-19(6-3)20(25(28)29)21(26)22(27)24(23)31-18-16-14-12-10-8-5-2/h26-27H,4-18H2,1-3H3,(H,28,29). The minimum absolute atomic E-state index is 0.0545. The Morgan fingerprint density at radius 1 is 0.677 bits per heavy atom. The Morgan fingerprint density at radius 3 is 1.58 bits per heavy atom. The van der Waals surface area contributed by atoms with Crippen LogP contribution in [0.25, 0.3) is 0 Å². The SMILES string of the molecule is CCCCCCCCOc1c(O)c(O)c(C(=O)O)c(CC)c1OCCCCCCCC. The van der Waals surface area contributed by atoms with Gasteiger partial charge in [0.1, 0.15) is 5.56 Å².